The summed E-state index contributed by atoms with van der Waals surface area (Å²) in [7, 11) is 1.81. The maximum absolute atomic E-state index is 12.0. The second-order valence-corrected chi connectivity index (χ2v) is 5.97. The van der Waals surface area contributed by atoms with Gasteiger partial charge < -0.3 is 5.32 Å². The number of carbonyl (C=O) groups excluding carboxylic acids is 1. The van der Waals surface area contributed by atoms with Gasteiger partial charge in [0.15, 0.2) is 0 Å². The number of carbonyl (C=O) groups is 1. The minimum Gasteiger partial charge on any atom is -0.310 e. The highest BCUT2D eigenvalue weighted by Gasteiger charge is 2.08. The van der Waals surface area contributed by atoms with Crippen molar-refractivity contribution in [3.8, 4) is 0 Å². The third kappa shape index (κ3) is 3.28. The molecule has 0 aliphatic carbocycles. The highest BCUT2D eigenvalue weighted by atomic mass is 32.2. The van der Waals surface area contributed by atoms with Crippen molar-refractivity contribution in [3.05, 3.63) is 48.2 Å². The van der Waals surface area contributed by atoms with Gasteiger partial charge in [-0.25, -0.2) is 4.98 Å². The molecular formula is C16H16N4OS. The summed E-state index contributed by atoms with van der Waals surface area (Å²) in [5.74, 6) is 0.952. The summed E-state index contributed by atoms with van der Waals surface area (Å²) in [4.78, 5) is 16.6. The van der Waals surface area contributed by atoms with E-state index in [1.54, 1.807) is 11.7 Å². The number of hydrogen-bond acceptors (Lipinski definition) is 4. The molecule has 1 amide bonds. The van der Waals surface area contributed by atoms with Crippen molar-refractivity contribution in [2.45, 2.75) is 11.9 Å². The van der Waals surface area contributed by atoms with Gasteiger partial charge in [-0.05, 0) is 19.1 Å². The van der Waals surface area contributed by atoms with E-state index in [2.05, 4.69) is 15.4 Å². The Balaban J connectivity index is 1.63. The van der Waals surface area contributed by atoms with E-state index in [0.29, 0.717) is 11.6 Å². The van der Waals surface area contributed by atoms with E-state index < -0.39 is 0 Å². The second-order valence-electron chi connectivity index (χ2n) is 4.97. The van der Waals surface area contributed by atoms with Crippen molar-refractivity contribution in [3.63, 3.8) is 0 Å². The normalized spacial score (nSPS) is 10.8. The van der Waals surface area contributed by atoms with Crippen LogP contribution in [0.25, 0.3) is 10.9 Å². The second kappa shape index (κ2) is 6.19. The van der Waals surface area contributed by atoms with Gasteiger partial charge in [0.05, 0.1) is 22.0 Å². The summed E-state index contributed by atoms with van der Waals surface area (Å²) >= 11 is 1.42. The van der Waals surface area contributed by atoms with Crippen LogP contribution in [0.3, 0.4) is 0 Å². The minimum absolute atomic E-state index is 0.0667. The number of pyridine rings is 1. The smallest absolute Gasteiger partial charge is 0.235 e. The molecule has 3 aromatic rings. The SMILES string of the molecule is Cc1cc(NC(=O)CSc2ccc3ccccc3n2)n(C)n1. The molecule has 112 valence electrons. The van der Waals surface area contributed by atoms with E-state index in [9.17, 15) is 4.79 Å². The first-order valence-electron chi connectivity index (χ1n) is 6.91. The third-order valence-corrected chi connectivity index (χ3v) is 4.12. The Labute approximate surface area is 132 Å². The van der Waals surface area contributed by atoms with Crippen LogP contribution in [0, 0.1) is 6.92 Å². The maximum atomic E-state index is 12.0. The highest BCUT2D eigenvalue weighted by Crippen LogP contribution is 2.20. The molecule has 2 aromatic heterocycles. The topological polar surface area (TPSA) is 59.8 Å². The van der Waals surface area contributed by atoms with Gasteiger partial charge in [-0.15, -0.1) is 0 Å². The summed E-state index contributed by atoms with van der Waals surface area (Å²) in [6.45, 7) is 1.89. The number of aryl methyl sites for hydroxylation is 2. The fourth-order valence-corrected chi connectivity index (χ4v) is 2.85. The fourth-order valence-electron chi connectivity index (χ4n) is 2.17. The fraction of sp³-hybridized carbons (Fsp3) is 0.188. The zero-order valence-electron chi connectivity index (χ0n) is 12.4. The van der Waals surface area contributed by atoms with Gasteiger partial charge in [-0.2, -0.15) is 5.10 Å². The molecule has 0 radical (unpaired) electrons. The predicted octanol–water partition coefficient (Wildman–Crippen LogP) is 3.01. The van der Waals surface area contributed by atoms with Crippen molar-refractivity contribution < 1.29 is 4.79 Å². The Hall–Kier alpha value is -2.34. The number of para-hydroxylation sites is 1. The van der Waals surface area contributed by atoms with Crippen LogP contribution in [-0.2, 0) is 11.8 Å². The quantitative estimate of drug-likeness (QED) is 0.752. The molecule has 0 atom stereocenters. The lowest BCUT2D eigenvalue weighted by Crippen LogP contribution is -2.16. The lowest BCUT2D eigenvalue weighted by Gasteiger charge is -2.05. The van der Waals surface area contributed by atoms with Gasteiger partial charge in [0.1, 0.15) is 5.82 Å². The monoisotopic (exact) mass is 312 g/mol. The van der Waals surface area contributed by atoms with Gasteiger partial charge in [-0.3, -0.25) is 9.48 Å². The molecule has 2 heterocycles. The van der Waals surface area contributed by atoms with Crippen LogP contribution in [0.1, 0.15) is 5.69 Å². The van der Waals surface area contributed by atoms with E-state index in [4.69, 9.17) is 0 Å². The minimum atomic E-state index is -0.0667. The number of aromatic nitrogens is 3. The zero-order valence-corrected chi connectivity index (χ0v) is 13.2. The molecule has 0 saturated heterocycles. The lowest BCUT2D eigenvalue weighted by molar-refractivity contribution is -0.113. The van der Waals surface area contributed by atoms with Gasteiger partial charge in [0, 0.05) is 18.5 Å². The summed E-state index contributed by atoms with van der Waals surface area (Å²) < 4.78 is 1.66. The Kier molecular flexibility index (Phi) is 4.11. The van der Waals surface area contributed by atoms with Crippen LogP contribution >= 0.6 is 11.8 Å². The maximum Gasteiger partial charge on any atom is 0.235 e. The van der Waals surface area contributed by atoms with Crippen molar-refractivity contribution in [1.29, 1.82) is 0 Å². The largest absolute Gasteiger partial charge is 0.310 e. The van der Waals surface area contributed by atoms with Crippen molar-refractivity contribution in [2.75, 3.05) is 11.1 Å². The average Bonchev–Trinajstić information content (AvgIpc) is 2.82. The van der Waals surface area contributed by atoms with Gasteiger partial charge in [0.2, 0.25) is 5.91 Å². The van der Waals surface area contributed by atoms with Crippen LogP contribution in [-0.4, -0.2) is 26.4 Å². The predicted molar refractivity (Wildman–Crippen MR) is 89.0 cm³/mol. The van der Waals surface area contributed by atoms with E-state index in [1.807, 2.05) is 49.4 Å². The van der Waals surface area contributed by atoms with E-state index >= 15 is 0 Å². The molecule has 0 saturated carbocycles. The van der Waals surface area contributed by atoms with Gasteiger partial charge in [-0.1, -0.05) is 36.0 Å². The molecule has 0 aliphatic rings. The van der Waals surface area contributed by atoms with Gasteiger partial charge in [0.25, 0.3) is 0 Å². The summed E-state index contributed by atoms with van der Waals surface area (Å²) in [5, 5.41) is 8.99. The van der Waals surface area contributed by atoms with Crippen LogP contribution in [0.2, 0.25) is 0 Å². The third-order valence-electron chi connectivity index (χ3n) is 3.19. The van der Waals surface area contributed by atoms with Gasteiger partial charge >= 0.3 is 0 Å². The first kappa shape index (κ1) is 14.6. The van der Waals surface area contributed by atoms with E-state index in [-0.39, 0.29) is 5.91 Å². The first-order valence-corrected chi connectivity index (χ1v) is 7.89. The first-order chi connectivity index (χ1) is 10.6. The Morgan fingerprint density at radius 1 is 1.27 bits per heavy atom. The molecule has 1 N–H and O–H groups in total. The van der Waals surface area contributed by atoms with E-state index in [1.165, 1.54) is 11.8 Å². The molecule has 0 bridgehead atoms. The summed E-state index contributed by atoms with van der Waals surface area (Å²) in [5.41, 5.74) is 1.82. The molecule has 0 fully saturated rings. The molecule has 22 heavy (non-hydrogen) atoms. The number of benzene rings is 1. The number of thioether (sulfide) groups is 1. The van der Waals surface area contributed by atoms with Crippen molar-refractivity contribution in [2.24, 2.45) is 7.05 Å². The molecule has 3 rings (SSSR count). The number of rotatable bonds is 4. The number of nitrogens with zero attached hydrogens (tertiary/aromatic N) is 3. The summed E-state index contributed by atoms with van der Waals surface area (Å²) in [6.07, 6.45) is 0. The molecule has 6 heteroatoms. The number of anilines is 1. The zero-order chi connectivity index (χ0) is 15.5. The van der Waals surface area contributed by atoms with E-state index in [0.717, 1.165) is 21.6 Å². The highest BCUT2D eigenvalue weighted by molar-refractivity contribution is 7.99. The molecule has 0 spiro atoms. The Morgan fingerprint density at radius 2 is 2.09 bits per heavy atom. The van der Waals surface area contributed by atoms with Crippen molar-refractivity contribution in [1.82, 2.24) is 14.8 Å². The number of fused-ring (bicyclic) bond motifs is 1. The van der Waals surface area contributed by atoms with Crippen molar-refractivity contribution >= 4 is 34.4 Å². The molecular weight excluding hydrogens is 296 g/mol. The molecule has 1 aromatic carbocycles. The standard InChI is InChI=1S/C16H16N4OS/c1-11-9-14(20(2)19-11)18-15(21)10-22-16-8-7-12-5-3-4-6-13(12)17-16/h3-9H,10H2,1-2H3,(H,18,21). The van der Waals surface area contributed by atoms with Crippen LogP contribution in [0.15, 0.2) is 47.5 Å². The lowest BCUT2D eigenvalue weighted by atomic mass is 10.2. The van der Waals surface area contributed by atoms with Crippen LogP contribution in [0.4, 0.5) is 5.82 Å². The van der Waals surface area contributed by atoms with Crippen LogP contribution < -0.4 is 5.32 Å². The average molecular weight is 312 g/mol. The number of nitrogens with one attached hydrogen (secondary N) is 1. The van der Waals surface area contributed by atoms with Crippen LogP contribution in [0.5, 0.6) is 0 Å². The Morgan fingerprint density at radius 3 is 2.86 bits per heavy atom. The molecule has 0 aliphatic heterocycles. The molecule has 0 unspecified atom stereocenters. The number of hydrogen-bond donors (Lipinski definition) is 1. The molecule has 5 nitrogen and oxygen atoms in total. The number of amides is 1. The summed E-state index contributed by atoms with van der Waals surface area (Å²) in [6, 6.07) is 13.7. The Bertz CT molecular complexity index is 828.